The maximum Gasteiger partial charge on any atom is 0.326 e. The summed E-state index contributed by atoms with van der Waals surface area (Å²) in [5, 5.41) is 3.03. The van der Waals surface area contributed by atoms with E-state index < -0.39 is 6.04 Å². The minimum atomic E-state index is -0.430. The first kappa shape index (κ1) is 14.5. The number of methoxy groups -OCH3 is 1. The molecule has 0 fully saturated rings. The summed E-state index contributed by atoms with van der Waals surface area (Å²) in [4.78, 5) is 11.5. The first-order valence-electron chi connectivity index (χ1n) is 6.09. The van der Waals surface area contributed by atoms with Crippen molar-refractivity contribution in [2.24, 2.45) is 0 Å². The Hall–Kier alpha value is -1.55. The molecule has 0 aliphatic heterocycles. The van der Waals surface area contributed by atoms with E-state index in [0.717, 1.165) is 11.3 Å². The van der Waals surface area contributed by atoms with Crippen molar-refractivity contribution in [3.63, 3.8) is 0 Å². The molecule has 100 valence electrons. The summed E-state index contributed by atoms with van der Waals surface area (Å²) in [5.41, 5.74) is 2.26. The van der Waals surface area contributed by atoms with Crippen LogP contribution in [0, 0.1) is 13.8 Å². The zero-order valence-electron chi connectivity index (χ0n) is 11.4. The minimum absolute atomic E-state index is 0.268. The lowest BCUT2D eigenvalue weighted by Gasteiger charge is -2.17. The molecule has 1 atom stereocenters. The lowest BCUT2D eigenvalue weighted by atomic mass is 10.1. The predicted octanol–water partition coefficient (Wildman–Crippen LogP) is 1.83. The number of aryl methyl sites for hydroxylation is 2. The summed E-state index contributed by atoms with van der Waals surface area (Å²) in [6, 6.07) is 5.53. The lowest BCUT2D eigenvalue weighted by molar-refractivity contribution is -0.143. The SMILES string of the molecule is CCNC(COc1ccc(C)cc1C)C(=O)OC. The largest absolute Gasteiger partial charge is 0.491 e. The van der Waals surface area contributed by atoms with Crippen LogP contribution in [-0.2, 0) is 9.53 Å². The van der Waals surface area contributed by atoms with Gasteiger partial charge in [-0.2, -0.15) is 0 Å². The fraction of sp³-hybridized carbons (Fsp3) is 0.500. The quantitative estimate of drug-likeness (QED) is 0.784. The summed E-state index contributed by atoms with van der Waals surface area (Å²) in [7, 11) is 1.38. The Morgan fingerprint density at radius 2 is 2.11 bits per heavy atom. The van der Waals surface area contributed by atoms with Gasteiger partial charge in [0.15, 0.2) is 0 Å². The molecule has 0 saturated heterocycles. The van der Waals surface area contributed by atoms with Gasteiger partial charge in [0.05, 0.1) is 7.11 Å². The number of benzene rings is 1. The van der Waals surface area contributed by atoms with Gasteiger partial charge in [-0.05, 0) is 32.0 Å². The molecule has 4 nitrogen and oxygen atoms in total. The normalized spacial score (nSPS) is 12.0. The van der Waals surface area contributed by atoms with Crippen molar-refractivity contribution >= 4 is 5.97 Å². The monoisotopic (exact) mass is 251 g/mol. The highest BCUT2D eigenvalue weighted by Gasteiger charge is 2.18. The maximum absolute atomic E-state index is 11.5. The number of esters is 1. The average molecular weight is 251 g/mol. The van der Waals surface area contributed by atoms with E-state index in [1.807, 2.05) is 32.9 Å². The van der Waals surface area contributed by atoms with Crippen molar-refractivity contribution in [2.75, 3.05) is 20.3 Å². The highest BCUT2D eigenvalue weighted by molar-refractivity contribution is 5.75. The van der Waals surface area contributed by atoms with Gasteiger partial charge in [-0.15, -0.1) is 0 Å². The highest BCUT2D eigenvalue weighted by atomic mass is 16.5. The van der Waals surface area contributed by atoms with Crippen molar-refractivity contribution in [1.82, 2.24) is 5.32 Å². The van der Waals surface area contributed by atoms with Crippen LogP contribution in [0.4, 0.5) is 0 Å². The Morgan fingerprint density at radius 3 is 2.67 bits per heavy atom. The summed E-state index contributed by atoms with van der Waals surface area (Å²) >= 11 is 0. The molecule has 1 aromatic carbocycles. The Kier molecular flexibility index (Phi) is 5.65. The molecule has 0 saturated carbocycles. The third kappa shape index (κ3) is 4.04. The first-order valence-corrected chi connectivity index (χ1v) is 6.09. The average Bonchev–Trinajstić information content (AvgIpc) is 2.35. The molecule has 0 heterocycles. The second kappa shape index (κ2) is 7.01. The predicted molar refractivity (Wildman–Crippen MR) is 70.9 cm³/mol. The number of hydrogen-bond acceptors (Lipinski definition) is 4. The van der Waals surface area contributed by atoms with Crippen molar-refractivity contribution in [1.29, 1.82) is 0 Å². The van der Waals surface area contributed by atoms with Crippen LogP contribution in [0.2, 0.25) is 0 Å². The van der Waals surface area contributed by atoms with Crippen LogP contribution in [0.3, 0.4) is 0 Å². The molecule has 0 aliphatic rings. The summed E-state index contributed by atoms with van der Waals surface area (Å²) < 4.78 is 10.4. The Labute approximate surface area is 108 Å². The molecule has 1 rings (SSSR count). The molecule has 1 aromatic rings. The number of nitrogens with one attached hydrogen (secondary N) is 1. The number of carbonyl (C=O) groups is 1. The summed E-state index contributed by atoms with van der Waals surface area (Å²) in [6.45, 7) is 6.92. The van der Waals surface area contributed by atoms with E-state index in [9.17, 15) is 4.79 Å². The molecule has 0 amide bonds. The third-order valence-corrected chi connectivity index (χ3v) is 2.67. The lowest BCUT2D eigenvalue weighted by Crippen LogP contribution is -2.42. The topological polar surface area (TPSA) is 47.6 Å². The Bertz CT molecular complexity index is 404. The van der Waals surface area contributed by atoms with Gasteiger partial charge in [0, 0.05) is 0 Å². The summed E-state index contributed by atoms with van der Waals surface area (Å²) in [5.74, 6) is 0.494. The molecular formula is C14H21NO3. The zero-order valence-corrected chi connectivity index (χ0v) is 11.4. The second-order valence-corrected chi connectivity index (χ2v) is 4.21. The number of ether oxygens (including phenoxy) is 2. The van der Waals surface area contributed by atoms with Gasteiger partial charge < -0.3 is 14.8 Å². The molecule has 4 heteroatoms. The molecule has 18 heavy (non-hydrogen) atoms. The number of likely N-dealkylation sites (N-methyl/N-ethyl adjacent to an activating group) is 1. The fourth-order valence-electron chi connectivity index (χ4n) is 1.73. The first-order chi connectivity index (χ1) is 8.58. The second-order valence-electron chi connectivity index (χ2n) is 4.21. The zero-order chi connectivity index (χ0) is 13.5. The van der Waals surface area contributed by atoms with Crippen LogP contribution < -0.4 is 10.1 Å². The van der Waals surface area contributed by atoms with E-state index >= 15 is 0 Å². The van der Waals surface area contributed by atoms with E-state index in [-0.39, 0.29) is 12.6 Å². The van der Waals surface area contributed by atoms with Crippen LogP contribution in [0.25, 0.3) is 0 Å². The van der Waals surface area contributed by atoms with Gasteiger partial charge in [0.25, 0.3) is 0 Å². The van der Waals surface area contributed by atoms with Gasteiger partial charge in [-0.1, -0.05) is 24.6 Å². The van der Waals surface area contributed by atoms with E-state index in [1.165, 1.54) is 12.7 Å². The van der Waals surface area contributed by atoms with E-state index in [2.05, 4.69) is 11.4 Å². The maximum atomic E-state index is 11.5. The van der Waals surface area contributed by atoms with Crippen molar-refractivity contribution in [3.8, 4) is 5.75 Å². The van der Waals surface area contributed by atoms with E-state index in [4.69, 9.17) is 9.47 Å². The third-order valence-electron chi connectivity index (χ3n) is 2.67. The molecule has 0 spiro atoms. The Morgan fingerprint density at radius 1 is 1.39 bits per heavy atom. The molecule has 1 N–H and O–H groups in total. The van der Waals surface area contributed by atoms with Crippen LogP contribution in [0.15, 0.2) is 18.2 Å². The standard InChI is InChI=1S/C14H21NO3/c1-5-15-12(14(16)17-4)9-18-13-7-6-10(2)8-11(13)3/h6-8,12,15H,5,9H2,1-4H3. The van der Waals surface area contributed by atoms with Crippen LogP contribution in [0.1, 0.15) is 18.1 Å². The molecule has 0 radical (unpaired) electrons. The molecular weight excluding hydrogens is 230 g/mol. The van der Waals surface area contributed by atoms with Crippen LogP contribution in [-0.4, -0.2) is 32.3 Å². The van der Waals surface area contributed by atoms with Gasteiger partial charge >= 0.3 is 5.97 Å². The van der Waals surface area contributed by atoms with Gasteiger partial charge in [0.2, 0.25) is 0 Å². The highest BCUT2D eigenvalue weighted by Crippen LogP contribution is 2.18. The number of hydrogen-bond donors (Lipinski definition) is 1. The molecule has 1 unspecified atom stereocenters. The molecule has 0 bridgehead atoms. The molecule has 0 aliphatic carbocycles. The number of carbonyl (C=O) groups excluding carboxylic acids is 1. The van der Waals surface area contributed by atoms with E-state index in [0.29, 0.717) is 6.54 Å². The van der Waals surface area contributed by atoms with Crippen molar-refractivity contribution in [3.05, 3.63) is 29.3 Å². The van der Waals surface area contributed by atoms with Gasteiger partial charge in [-0.25, -0.2) is 0 Å². The fourth-order valence-corrected chi connectivity index (χ4v) is 1.73. The minimum Gasteiger partial charge on any atom is -0.491 e. The van der Waals surface area contributed by atoms with Gasteiger partial charge in [-0.3, -0.25) is 4.79 Å². The van der Waals surface area contributed by atoms with E-state index in [1.54, 1.807) is 0 Å². The Balaban J connectivity index is 2.63. The van der Waals surface area contributed by atoms with Crippen LogP contribution >= 0.6 is 0 Å². The van der Waals surface area contributed by atoms with Crippen molar-refractivity contribution < 1.29 is 14.3 Å². The smallest absolute Gasteiger partial charge is 0.326 e. The van der Waals surface area contributed by atoms with Gasteiger partial charge in [0.1, 0.15) is 18.4 Å². The number of rotatable bonds is 6. The van der Waals surface area contributed by atoms with Crippen LogP contribution in [0.5, 0.6) is 5.75 Å². The van der Waals surface area contributed by atoms with Crippen molar-refractivity contribution in [2.45, 2.75) is 26.8 Å². The summed E-state index contributed by atoms with van der Waals surface area (Å²) in [6.07, 6.45) is 0. The molecule has 0 aromatic heterocycles.